The van der Waals surface area contributed by atoms with Crippen LogP contribution in [-0.4, -0.2) is 18.3 Å². The van der Waals surface area contributed by atoms with Crippen LogP contribution in [-0.2, 0) is 11.2 Å². The number of carbonyl (C=O) groups excluding carboxylic acids is 1. The van der Waals surface area contributed by atoms with Gasteiger partial charge in [0, 0.05) is 23.7 Å². The Morgan fingerprint density at radius 3 is 2.89 bits per heavy atom. The maximum Gasteiger partial charge on any atom is 0.220 e. The highest BCUT2D eigenvalue weighted by atomic mass is 35.5. The van der Waals surface area contributed by atoms with Crippen molar-refractivity contribution in [2.24, 2.45) is 5.41 Å². The summed E-state index contributed by atoms with van der Waals surface area (Å²) in [5.74, 6) is 0.788. The molecule has 1 aromatic rings. The number of carbonyl (C=O) groups is 1. The predicted molar refractivity (Wildman–Crippen MR) is 79.4 cm³/mol. The van der Waals surface area contributed by atoms with Crippen LogP contribution in [0.1, 0.15) is 38.0 Å². The number of halogens is 1. The van der Waals surface area contributed by atoms with Gasteiger partial charge in [-0.3, -0.25) is 4.79 Å². The van der Waals surface area contributed by atoms with Crippen LogP contribution in [0, 0.1) is 5.41 Å². The van der Waals surface area contributed by atoms with Gasteiger partial charge in [-0.1, -0.05) is 19.9 Å². The van der Waals surface area contributed by atoms with Crippen molar-refractivity contribution in [1.29, 1.82) is 0 Å². The molecule has 0 spiro atoms. The van der Waals surface area contributed by atoms with Crippen molar-refractivity contribution in [2.45, 2.75) is 39.5 Å². The quantitative estimate of drug-likeness (QED) is 0.723. The second-order valence-corrected chi connectivity index (χ2v) is 6.72. The van der Waals surface area contributed by atoms with Gasteiger partial charge in [0.25, 0.3) is 0 Å². The molecule has 0 aliphatic rings. The Hall–Kier alpha value is -0.540. The summed E-state index contributed by atoms with van der Waals surface area (Å²) in [6.45, 7) is 4.96. The molecule has 0 aliphatic carbocycles. The summed E-state index contributed by atoms with van der Waals surface area (Å²) >= 11 is 7.48. The number of rotatable bonds is 8. The van der Waals surface area contributed by atoms with Gasteiger partial charge in [0.15, 0.2) is 0 Å². The van der Waals surface area contributed by atoms with Gasteiger partial charge in [0.1, 0.15) is 0 Å². The molecule has 1 amide bonds. The molecule has 4 heteroatoms. The molecule has 1 heterocycles. The standard InChI is InChI=1S/C14H22ClNOS/c1-14(2,8-9-15)11-16-13(17)7-3-5-12-6-4-10-18-12/h4,6,10H,3,5,7-9,11H2,1-2H3,(H,16,17). The smallest absolute Gasteiger partial charge is 0.220 e. The van der Waals surface area contributed by atoms with Crippen LogP contribution < -0.4 is 5.32 Å². The minimum Gasteiger partial charge on any atom is -0.356 e. The first-order valence-corrected chi connectivity index (χ1v) is 7.80. The minimum atomic E-state index is 0.0885. The largest absolute Gasteiger partial charge is 0.356 e. The van der Waals surface area contributed by atoms with Gasteiger partial charge in [-0.2, -0.15) is 0 Å². The lowest BCUT2D eigenvalue weighted by molar-refractivity contribution is -0.121. The average Bonchev–Trinajstić information content (AvgIpc) is 2.79. The number of amides is 1. The molecular weight excluding hydrogens is 266 g/mol. The molecular formula is C14H22ClNOS. The van der Waals surface area contributed by atoms with Gasteiger partial charge in [-0.25, -0.2) is 0 Å². The molecule has 1 rings (SSSR count). The van der Waals surface area contributed by atoms with Crippen molar-refractivity contribution in [3.8, 4) is 0 Å². The summed E-state index contributed by atoms with van der Waals surface area (Å²) < 4.78 is 0. The topological polar surface area (TPSA) is 29.1 Å². The normalized spacial score (nSPS) is 11.5. The highest BCUT2D eigenvalue weighted by molar-refractivity contribution is 7.09. The van der Waals surface area contributed by atoms with E-state index in [2.05, 4.69) is 36.7 Å². The summed E-state index contributed by atoms with van der Waals surface area (Å²) in [7, 11) is 0. The van der Waals surface area contributed by atoms with Crippen molar-refractivity contribution in [3.63, 3.8) is 0 Å². The van der Waals surface area contributed by atoms with E-state index in [1.165, 1.54) is 4.88 Å². The zero-order chi connectivity index (χ0) is 13.4. The molecule has 0 bridgehead atoms. The molecule has 2 nitrogen and oxygen atoms in total. The average molecular weight is 288 g/mol. The molecule has 18 heavy (non-hydrogen) atoms. The maximum atomic E-state index is 11.7. The van der Waals surface area contributed by atoms with Crippen molar-refractivity contribution < 1.29 is 4.79 Å². The summed E-state index contributed by atoms with van der Waals surface area (Å²) in [6.07, 6.45) is 3.44. The van der Waals surface area contributed by atoms with E-state index in [0.717, 1.165) is 19.3 Å². The van der Waals surface area contributed by atoms with Crippen molar-refractivity contribution >= 4 is 28.8 Å². The summed E-state index contributed by atoms with van der Waals surface area (Å²) in [4.78, 5) is 13.0. The first-order chi connectivity index (χ1) is 8.53. The Morgan fingerprint density at radius 2 is 2.28 bits per heavy atom. The zero-order valence-corrected chi connectivity index (χ0v) is 12.7. The first kappa shape index (κ1) is 15.5. The fourth-order valence-electron chi connectivity index (χ4n) is 1.65. The molecule has 1 N–H and O–H groups in total. The maximum absolute atomic E-state index is 11.7. The van der Waals surface area contributed by atoms with Gasteiger partial charge in [-0.05, 0) is 36.1 Å². The molecule has 0 saturated heterocycles. The Kier molecular flexibility index (Phi) is 6.72. The number of hydrogen-bond acceptors (Lipinski definition) is 2. The first-order valence-electron chi connectivity index (χ1n) is 6.38. The molecule has 0 atom stereocenters. The summed E-state index contributed by atoms with van der Waals surface area (Å²) in [5, 5.41) is 5.07. The van der Waals surface area contributed by atoms with Crippen LogP contribution in [0.5, 0.6) is 0 Å². The third-order valence-corrected chi connectivity index (χ3v) is 4.07. The summed E-state index contributed by atoms with van der Waals surface area (Å²) in [5.41, 5.74) is 0.0885. The third kappa shape index (κ3) is 6.41. The SMILES string of the molecule is CC(C)(CCCl)CNC(=O)CCCc1cccs1. The van der Waals surface area contributed by atoms with Crippen LogP contribution in [0.3, 0.4) is 0 Å². The highest BCUT2D eigenvalue weighted by Crippen LogP contribution is 2.19. The second-order valence-electron chi connectivity index (χ2n) is 5.31. The highest BCUT2D eigenvalue weighted by Gasteiger charge is 2.17. The molecule has 0 saturated carbocycles. The van der Waals surface area contributed by atoms with Crippen molar-refractivity contribution in [1.82, 2.24) is 5.32 Å². The van der Waals surface area contributed by atoms with Crippen molar-refractivity contribution in [3.05, 3.63) is 22.4 Å². The number of hydrogen-bond donors (Lipinski definition) is 1. The van der Waals surface area contributed by atoms with Crippen LogP contribution in [0.4, 0.5) is 0 Å². The van der Waals surface area contributed by atoms with Crippen LogP contribution in [0.15, 0.2) is 17.5 Å². The Balaban J connectivity index is 2.14. The lowest BCUT2D eigenvalue weighted by Gasteiger charge is -2.23. The molecule has 0 radical (unpaired) electrons. The molecule has 0 fully saturated rings. The molecule has 102 valence electrons. The second kappa shape index (κ2) is 7.80. The Morgan fingerprint density at radius 1 is 1.50 bits per heavy atom. The van der Waals surface area contributed by atoms with E-state index in [4.69, 9.17) is 11.6 Å². The van der Waals surface area contributed by atoms with E-state index < -0.39 is 0 Å². The molecule has 0 aromatic carbocycles. The number of aryl methyl sites for hydroxylation is 1. The Labute approximate surface area is 119 Å². The van der Waals surface area contributed by atoms with E-state index in [9.17, 15) is 4.79 Å². The van der Waals surface area contributed by atoms with E-state index in [-0.39, 0.29) is 11.3 Å². The molecule has 0 unspecified atom stereocenters. The van der Waals surface area contributed by atoms with E-state index in [1.807, 2.05) is 0 Å². The van der Waals surface area contributed by atoms with Gasteiger partial charge in [-0.15, -0.1) is 22.9 Å². The van der Waals surface area contributed by atoms with Crippen LogP contribution >= 0.6 is 22.9 Å². The van der Waals surface area contributed by atoms with Crippen molar-refractivity contribution in [2.75, 3.05) is 12.4 Å². The van der Waals surface area contributed by atoms with Gasteiger partial charge in [0.2, 0.25) is 5.91 Å². The van der Waals surface area contributed by atoms with Gasteiger partial charge >= 0.3 is 0 Å². The predicted octanol–water partition coefficient (Wildman–Crippen LogP) is 3.84. The lowest BCUT2D eigenvalue weighted by atomic mass is 9.90. The zero-order valence-electron chi connectivity index (χ0n) is 11.2. The van der Waals surface area contributed by atoms with E-state index >= 15 is 0 Å². The summed E-state index contributed by atoms with van der Waals surface area (Å²) in [6, 6.07) is 4.17. The van der Waals surface area contributed by atoms with E-state index in [1.54, 1.807) is 11.3 Å². The third-order valence-electron chi connectivity index (χ3n) is 2.94. The molecule has 1 aromatic heterocycles. The number of thiophene rings is 1. The fraction of sp³-hybridized carbons (Fsp3) is 0.643. The monoisotopic (exact) mass is 287 g/mol. The molecule has 0 aliphatic heterocycles. The fourth-order valence-corrected chi connectivity index (χ4v) is 2.91. The van der Waals surface area contributed by atoms with Gasteiger partial charge in [0.05, 0.1) is 0 Å². The minimum absolute atomic E-state index is 0.0885. The Bertz CT molecular complexity index is 349. The van der Waals surface area contributed by atoms with Crippen LogP contribution in [0.2, 0.25) is 0 Å². The number of nitrogens with one attached hydrogen (secondary N) is 1. The number of alkyl halides is 1. The van der Waals surface area contributed by atoms with Gasteiger partial charge < -0.3 is 5.32 Å². The van der Waals surface area contributed by atoms with E-state index in [0.29, 0.717) is 18.8 Å². The van der Waals surface area contributed by atoms with Crippen LogP contribution in [0.25, 0.3) is 0 Å². The lowest BCUT2D eigenvalue weighted by Crippen LogP contribution is -2.34.